The second kappa shape index (κ2) is 6.96. The van der Waals surface area contributed by atoms with Gasteiger partial charge >= 0.3 is 0 Å². The van der Waals surface area contributed by atoms with Gasteiger partial charge in [-0.15, -0.1) is 0 Å². The second-order valence-corrected chi connectivity index (χ2v) is 4.90. The van der Waals surface area contributed by atoms with Crippen LogP contribution in [0.3, 0.4) is 0 Å². The van der Waals surface area contributed by atoms with Crippen molar-refractivity contribution in [3.63, 3.8) is 0 Å². The Labute approximate surface area is 109 Å². The molecule has 1 aromatic carbocycles. The molecular weight excluding hydrogens is 253 g/mol. The van der Waals surface area contributed by atoms with Gasteiger partial charge in [0.25, 0.3) is 0 Å². The van der Waals surface area contributed by atoms with Gasteiger partial charge in [0.1, 0.15) is 5.82 Å². The first-order chi connectivity index (χ1) is 8.50. The van der Waals surface area contributed by atoms with Crippen molar-refractivity contribution in [3.8, 4) is 0 Å². The number of allylic oxidation sites excluding steroid dienone is 1. The van der Waals surface area contributed by atoms with E-state index < -0.39 is 11.7 Å². The maximum atomic E-state index is 13.1. The lowest BCUT2D eigenvalue weighted by Gasteiger charge is -2.01. The van der Waals surface area contributed by atoms with Crippen molar-refractivity contribution in [2.45, 2.75) is 13.3 Å². The van der Waals surface area contributed by atoms with Crippen LogP contribution < -0.4 is 5.73 Å². The van der Waals surface area contributed by atoms with Crippen LogP contribution in [-0.2, 0) is 4.79 Å². The van der Waals surface area contributed by atoms with Crippen LogP contribution >= 0.6 is 11.8 Å². The Kier molecular flexibility index (Phi) is 5.58. The molecule has 0 heterocycles. The highest BCUT2D eigenvalue weighted by Crippen LogP contribution is 2.14. The molecule has 3 nitrogen and oxygen atoms in total. The summed E-state index contributed by atoms with van der Waals surface area (Å²) in [4.78, 5) is 21.8. The zero-order valence-corrected chi connectivity index (χ0v) is 10.8. The van der Waals surface area contributed by atoms with Gasteiger partial charge in [-0.2, -0.15) is 0 Å². The normalized spacial score (nSPS) is 10.8. The van der Waals surface area contributed by atoms with Gasteiger partial charge in [0.05, 0.1) is 0 Å². The number of hydrogen-bond donors (Lipinski definition) is 1. The molecule has 0 atom stereocenters. The molecule has 5 heteroatoms. The Bertz CT molecular complexity index is 486. The smallest absolute Gasteiger partial charge is 0.249 e. The van der Waals surface area contributed by atoms with Crippen LogP contribution in [0.4, 0.5) is 4.39 Å². The minimum absolute atomic E-state index is 0.0620. The minimum atomic E-state index is -0.590. The van der Waals surface area contributed by atoms with E-state index >= 15 is 0 Å². The first kappa shape index (κ1) is 14.4. The molecule has 0 aliphatic rings. The summed E-state index contributed by atoms with van der Waals surface area (Å²) in [5.41, 5.74) is 5.93. The Morgan fingerprint density at radius 1 is 1.44 bits per heavy atom. The lowest BCUT2D eigenvalue weighted by molar-refractivity contribution is -0.109. The van der Waals surface area contributed by atoms with Crippen molar-refractivity contribution in [2.75, 3.05) is 5.75 Å². The van der Waals surface area contributed by atoms with Crippen LogP contribution in [0, 0.1) is 5.82 Å². The van der Waals surface area contributed by atoms with Gasteiger partial charge in [0.15, 0.2) is 5.12 Å². The summed E-state index contributed by atoms with van der Waals surface area (Å²) in [6, 6.07) is 3.82. The number of carbonyl (C=O) groups is 2. The Balaban J connectivity index is 2.70. The van der Waals surface area contributed by atoms with E-state index in [0.717, 1.165) is 0 Å². The number of primary amides is 1. The third-order valence-electron chi connectivity index (χ3n) is 2.17. The number of amides is 1. The molecule has 2 N–H and O–H groups in total. The van der Waals surface area contributed by atoms with Gasteiger partial charge in [0, 0.05) is 18.2 Å². The summed E-state index contributed by atoms with van der Waals surface area (Å²) >= 11 is 1.22. The fraction of sp³-hybridized carbons (Fsp3) is 0.231. The van der Waals surface area contributed by atoms with Crippen LogP contribution in [0.5, 0.6) is 0 Å². The summed E-state index contributed by atoms with van der Waals surface area (Å²) in [7, 11) is 0. The van der Waals surface area contributed by atoms with Gasteiger partial charge < -0.3 is 5.73 Å². The van der Waals surface area contributed by atoms with Crippen LogP contribution in [0.25, 0.3) is 6.08 Å². The van der Waals surface area contributed by atoms with Crippen LogP contribution in [0.2, 0.25) is 0 Å². The predicted octanol–water partition coefficient (Wildman–Crippen LogP) is 2.61. The quantitative estimate of drug-likeness (QED) is 0.834. The Hall–Kier alpha value is -1.62. The standard InChI is InChI=1S/C13H14FNO2S/c1-9(16)18-7-3-2-4-10-8-11(14)5-6-12(10)13(15)17/h2,4-6,8H,3,7H2,1H3,(H2,15,17). The number of hydrogen-bond acceptors (Lipinski definition) is 3. The number of carbonyl (C=O) groups excluding carboxylic acids is 2. The van der Waals surface area contributed by atoms with Gasteiger partial charge in [-0.25, -0.2) is 4.39 Å². The monoisotopic (exact) mass is 267 g/mol. The molecule has 96 valence electrons. The van der Waals surface area contributed by atoms with Gasteiger partial charge in [0.2, 0.25) is 5.91 Å². The summed E-state index contributed by atoms with van der Waals surface area (Å²) in [5.74, 6) is -0.349. The summed E-state index contributed by atoms with van der Waals surface area (Å²) < 4.78 is 13.1. The average Bonchev–Trinajstić information content (AvgIpc) is 2.27. The topological polar surface area (TPSA) is 60.2 Å². The van der Waals surface area contributed by atoms with Gasteiger partial charge in [-0.3, -0.25) is 9.59 Å². The lowest BCUT2D eigenvalue weighted by atomic mass is 10.1. The third-order valence-corrected chi connectivity index (χ3v) is 3.01. The van der Waals surface area contributed by atoms with E-state index in [0.29, 0.717) is 17.7 Å². The first-order valence-electron chi connectivity index (χ1n) is 5.40. The van der Waals surface area contributed by atoms with Crippen LogP contribution in [-0.4, -0.2) is 16.8 Å². The Morgan fingerprint density at radius 3 is 2.78 bits per heavy atom. The van der Waals surface area contributed by atoms with E-state index in [1.807, 2.05) is 0 Å². The van der Waals surface area contributed by atoms with E-state index in [4.69, 9.17) is 5.73 Å². The molecule has 1 rings (SSSR count). The van der Waals surface area contributed by atoms with Gasteiger partial charge in [-0.1, -0.05) is 23.9 Å². The fourth-order valence-corrected chi connectivity index (χ4v) is 1.92. The first-order valence-corrected chi connectivity index (χ1v) is 6.38. The second-order valence-electron chi connectivity index (χ2n) is 3.63. The van der Waals surface area contributed by atoms with E-state index in [9.17, 15) is 14.0 Å². The third kappa shape index (κ3) is 4.71. The number of benzene rings is 1. The summed E-state index contributed by atoms with van der Waals surface area (Å²) in [6.45, 7) is 1.51. The highest BCUT2D eigenvalue weighted by molar-refractivity contribution is 8.13. The lowest BCUT2D eigenvalue weighted by Crippen LogP contribution is -2.12. The molecule has 0 aromatic heterocycles. The summed E-state index contributed by atoms with van der Waals surface area (Å²) in [6.07, 6.45) is 4.10. The molecule has 0 radical (unpaired) electrons. The van der Waals surface area contributed by atoms with Crippen LogP contribution in [0.15, 0.2) is 24.3 Å². The van der Waals surface area contributed by atoms with E-state index in [1.165, 1.54) is 36.9 Å². The zero-order valence-electron chi connectivity index (χ0n) is 9.98. The van der Waals surface area contributed by atoms with Crippen molar-refractivity contribution in [3.05, 3.63) is 41.2 Å². The average molecular weight is 267 g/mol. The van der Waals surface area contributed by atoms with Crippen molar-refractivity contribution in [1.29, 1.82) is 0 Å². The Morgan fingerprint density at radius 2 is 2.17 bits per heavy atom. The summed E-state index contributed by atoms with van der Waals surface area (Å²) in [5, 5.41) is 0.0620. The number of rotatable bonds is 5. The highest BCUT2D eigenvalue weighted by Gasteiger charge is 2.06. The molecule has 0 fully saturated rings. The van der Waals surface area contributed by atoms with Gasteiger partial charge in [-0.05, 0) is 30.2 Å². The number of nitrogens with two attached hydrogens (primary N) is 1. The zero-order chi connectivity index (χ0) is 13.5. The highest BCUT2D eigenvalue weighted by atomic mass is 32.2. The molecule has 0 saturated heterocycles. The molecule has 0 spiro atoms. The maximum absolute atomic E-state index is 13.1. The largest absolute Gasteiger partial charge is 0.366 e. The fourth-order valence-electron chi connectivity index (χ4n) is 1.38. The van der Waals surface area contributed by atoms with E-state index in [-0.39, 0.29) is 10.7 Å². The van der Waals surface area contributed by atoms with Crippen molar-refractivity contribution in [2.24, 2.45) is 5.73 Å². The van der Waals surface area contributed by atoms with Crippen molar-refractivity contribution >= 4 is 28.9 Å². The van der Waals surface area contributed by atoms with E-state index in [2.05, 4.69) is 0 Å². The van der Waals surface area contributed by atoms with Crippen molar-refractivity contribution in [1.82, 2.24) is 0 Å². The number of halogens is 1. The SMILES string of the molecule is CC(=O)SCCC=Cc1cc(F)ccc1C(N)=O. The maximum Gasteiger partial charge on any atom is 0.249 e. The molecule has 1 aromatic rings. The molecule has 1 amide bonds. The molecule has 0 saturated carbocycles. The molecule has 0 unspecified atom stereocenters. The molecule has 0 bridgehead atoms. The molecule has 0 aliphatic heterocycles. The molecule has 18 heavy (non-hydrogen) atoms. The predicted molar refractivity (Wildman–Crippen MR) is 71.7 cm³/mol. The minimum Gasteiger partial charge on any atom is -0.366 e. The van der Waals surface area contributed by atoms with E-state index in [1.54, 1.807) is 12.2 Å². The van der Waals surface area contributed by atoms with Crippen molar-refractivity contribution < 1.29 is 14.0 Å². The van der Waals surface area contributed by atoms with Crippen LogP contribution in [0.1, 0.15) is 29.3 Å². The molecule has 0 aliphatic carbocycles. The number of thioether (sulfide) groups is 1. The molecular formula is C13H14FNO2S.